The quantitative estimate of drug-likeness (QED) is 0.728. The van der Waals surface area contributed by atoms with Gasteiger partial charge < -0.3 is 10.4 Å². The average Bonchev–Trinajstić information content (AvgIpc) is 2.78. The Morgan fingerprint density at radius 2 is 2.12 bits per heavy atom. The van der Waals surface area contributed by atoms with Gasteiger partial charge in [0.1, 0.15) is 0 Å². The molecule has 3 nitrogen and oxygen atoms in total. The minimum Gasteiger partial charge on any atom is -0.481 e. The number of carboxylic acid groups (broad SMARTS) is 1. The predicted octanol–water partition coefficient (Wildman–Crippen LogP) is 2.12. The number of carbonyl (C=O) groups is 1. The van der Waals surface area contributed by atoms with Gasteiger partial charge in [0.2, 0.25) is 0 Å². The number of carboxylic acids is 1. The lowest BCUT2D eigenvalue weighted by Gasteiger charge is -2.40. The van der Waals surface area contributed by atoms with Crippen molar-refractivity contribution in [3.05, 3.63) is 0 Å². The van der Waals surface area contributed by atoms with Crippen molar-refractivity contribution in [2.75, 3.05) is 13.1 Å². The highest BCUT2D eigenvalue weighted by Crippen LogP contribution is 2.42. The molecule has 2 fully saturated rings. The van der Waals surface area contributed by atoms with Crippen LogP contribution in [0.4, 0.5) is 0 Å². The Balaban J connectivity index is 1.63. The van der Waals surface area contributed by atoms with Gasteiger partial charge in [-0.25, -0.2) is 0 Å². The maximum atomic E-state index is 10.7. The molecule has 2 saturated carbocycles. The molecule has 0 bridgehead atoms. The van der Waals surface area contributed by atoms with E-state index in [1.54, 1.807) is 0 Å². The van der Waals surface area contributed by atoms with Crippen molar-refractivity contribution in [3.63, 3.8) is 0 Å². The molecule has 0 aromatic rings. The van der Waals surface area contributed by atoms with E-state index in [0.717, 1.165) is 25.4 Å². The second-order valence-corrected chi connectivity index (χ2v) is 6.19. The number of rotatable bonds is 6. The summed E-state index contributed by atoms with van der Waals surface area (Å²) in [6, 6.07) is 0. The van der Waals surface area contributed by atoms with Crippen LogP contribution >= 0.6 is 0 Å². The highest BCUT2D eigenvalue weighted by Gasteiger charge is 2.43. The van der Waals surface area contributed by atoms with Gasteiger partial charge in [0, 0.05) is 6.54 Å². The highest BCUT2D eigenvalue weighted by atomic mass is 16.4. The lowest BCUT2D eigenvalue weighted by Crippen LogP contribution is -2.39. The van der Waals surface area contributed by atoms with Crippen LogP contribution in [-0.4, -0.2) is 24.2 Å². The molecule has 0 aliphatic heterocycles. The number of hydrogen-bond donors (Lipinski definition) is 2. The third-order valence-electron chi connectivity index (χ3n) is 4.44. The molecule has 0 radical (unpaired) electrons. The van der Waals surface area contributed by atoms with E-state index in [1.165, 1.54) is 19.3 Å². The number of nitrogens with one attached hydrogen (secondary N) is 1. The minimum absolute atomic E-state index is 0.0701. The fourth-order valence-corrected chi connectivity index (χ4v) is 2.69. The second kappa shape index (κ2) is 4.36. The molecule has 0 aromatic heterocycles. The maximum absolute atomic E-state index is 10.7. The Morgan fingerprint density at radius 1 is 1.44 bits per heavy atom. The van der Waals surface area contributed by atoms with E-state index in [2.05, 4.69) is 19.2 Å². The average molecular weight is 225 g/mol. The SMILES string of the molecule is CC(C)(CNCC1CC1C(=O)O)C1CCC1. The molecular weight excluding hydrogens is 202 g/mol. The molecule has 0 amide bonds. The van der Waals surface area contributed by atoms with E-state index in [1.807, 2.05) is 0 Å². The van der Waals surface area contributed by atoms with E-state index in [9.17, 15) is 4.79 Å². The molecule has 0 aromatic carbocycles. The van der Waals surface area contributed by atoms with Crippen LogP contribution in [0.5, 0.6) is 0 Å². The van der Waals surface area contributed by atoms with Gasteiger partial charge in [0.15, 0.2) is 0 Å². The summed E-state index contributed by atoms with van der Waals surface area (Å²) >= 11 is 0. The lowest BCUT2D eigenvalue weighted by atomic mass is 9.67. The smallest absolute Gasteiger partial charge is 0.306 e. The first-order valence-electron chi connectivity index (χ1n) is 6.44. The summed E-state index contributed by atoms with van der Waals surface area (Å²) in [4.78, 5) is 10.7. The molecule has 0 heterocycles. The van der Waals surface area contributed by atoms with Crippen LogP contribution in [0.15, 0.2) is 0 Å². The number of hydrogen-bond acceptors (Lipinski definition) is 2. The molecule has 16 heavy (non-hydrogen) atoms. The zero-order valence-corrected chi connectivity index (χ0v) is 10.3. The molecule has 0 spiro atoms. The van der Waals surface area contributed by atoms with Gasteiger partial charge in [-0.15, -0.1) is 0 Å². The fourth-order valence-electron chi connectivity index (χ4n) is 2.69. The number of aliphatic carboxylic acids is 1. The summed E-state index contributed by atoms with van der Waals surface area (Å²) in [6.45, 7) is 6.56. The molecular formula is C13H23NO2. The predicted molar refractivity (Wildman–Crippen MR) is 63.2 cm³/mol. The van der Waals surface area contributed by atoms with Gasteiger partial charge >= 0.3 is 5.97 Å². The first-order valence-corrected chi connectivity index (χ1v) is 6.44. The zero-order valence-electron chi connectivity index (χ0n) is 10.3. The Hall–Kier alpha value is -0.570. The van der Waals surface area contributed by atoms with Crippen molar-refractivity contribution in [1.29, 1.82) is 0 Å². The molecule has 2 rings (SSSR count). The lowest BCUT2D eigenvalue weighted by molar-refractivity contribution is -0.138. The molecule has 0 saturated heterocycles. The third kappa shape index (κ3) is 2.57. The van der Waals surface area contributed by atoms with Crippen LogP contribution in [0.3, 0.4) is 0 Å². The third-order valence-corrected chi connectivity index (χ3v) is 4.44. The fraction of sp³-hybridized carbons (Fsp3) is 0.923. The maximum Gasteiger partial charge on any atom is 0.306 e. The van der Waals surface area contributed by atoms with Gasteiger partial charge in [-0.1, -0.05) is 20.3 Å². The van der Waals surface area contributed by atoms with Crippen molar-refractivity contribution in [1.82, 2.24) is 5.32 Å². The van der Waals surface area contributed by atoms with Crippen LogP contribution in [0, 0.1) is 23.2 Å². The van der Waals surface area contributed by atoms with Crippen molar-refractivity contribution in [2.24, 2.45) is 23.2 Å². The van der Waals surface area contributed by atoms with Gasteiger partial charge in [-0.3, -0.25) is 4.79 Å². The van der Waals surface area contributed by atoms with Gasteiger partial charge in [0.05, 0.1) is 5.92 Å². The van der Waals surface area contributed by atoms with Crippen molar-refractivity contribution < 1.29 is 9.90 Å². The van der Waals surface area contributed by atoms with E-state index < -0.39 is 5.97 Å². The van der Waals surface area contributed by atoms with E-state index in [4.69, 9.17) is 5.11 Å². The molecule has 2 aliphatic rings. The van der Waals surface area contributed by atoms with Crippen molar-refractivity contribution in [3.8, 4) is 0 Å². The van der Waals surface area contributed by atoms with Crippen LogP contribution < -0.4 is 5.32 Å². The summed E-state index contributed by atoms with van der Waals surface area (Å²) in [6.07, 6.45) is 5.00. The van der Waals surface area contributed by atoms with Crippen LogP contribution in [0.2, 0.25) is 0 Å². The largest absolute Gasteiger partial charge is 0.481 e. The first kappa shape index (κ1) is 11.9. The molecule has 2 aliphatic carbocycles. The summed E-state index contributed by atoms with van der Waals surface area (Å²) in [5.41, 5.74) is 0.381. The summed E-state index contributed by atoms with van der Waals surface area (Å²) in [7, 11) is 0. The first-order chi connectivity index (χ1) is 7.50. The minimum atomic E-state index is -0.620. The van der Waals surface area contributed by atoms with Crippen LogP contribution in [0.1, 0.15) is 39.5 Å². The Bertz CT molecular complexity index is 271. The van der Waals surface area contributed by atoms with Crippen molar-refractivity contribution >= 4 is 5.97 Å². The summed E-state index contributed by atoms with van der Waals surface area (Å²) < 4.78 is 0. The Kier molecular flexibility index (Phi) is 3.24. The van der Waals surface area contributed by atoms with Crippen molar-refractivity contribution in [2.45, 2.75) is 39.5 Å². The highest BCUT2D eigenvalue weighted by molar-refractivity contribution is 5.73. The zero-order chi connectivity index (χ0) is 11.8. The van der Waals surface area contributed by atoms with E-state index in [0.29, 0.717) is 11.3 Å². The van der Waals surface area contributed by atoms with Gasteiger partial charge in [-0.05, 0) is 43.1 Å². The molecule has 3 heteroatoms. The molecule has 2 N–H and O–H groups in total. The summed E-state index contributed by atoms with van der Waals surface area (Å²) in [5, 5.41) is 12.2. The summed E-state index contributed by atoms with van der Waals surface area (Å²) in [5.74, 6) is 0.563. The Morgan fingerprint density at radius 3 is 2.56 bits per heavy atom. The second-order valence-electron chi connectivity index (χ2n) is 6.19. The Labute approximate surface area is 97.6 Å². The molecule has 2 unspecified atom stereocenters. The van der Waals surface area contributed by atoms with Gasteiger partial charge in [-0.2, -0.15) is 0 Å². The van der Waals surface area contributed by atoms with E-state index >= 15 is 0 Å². The molecule has 2 atom stereocenters. The van der Waals surface area contributed by atoms with Gasteiger partial charge in [0.25, 0.3) is 0 Å². The van der Waals surface area contributed by atoms with Crippen LogP contribution in [0.25, 0.3) is 0 Å². The monoisotopic (exact) mass is 225 g/mol. The standard InChI is InChI=1S/C13H23NO2/c1-13(2,10-4-3-5-10)8-14-7-9-6-11(9)12(15)16/h9-11,14H,3-8H2,1-2H3,(H,15,16). The van der Waals surface area contributed by atoms with E-state index in [-0.39, 0.29) is 5.92 Å². The normalized spacial score (nSPS) is 29.9. The topological polar surface area (TPSA) is 49.3 Å². The van der Waals surface area contributed by atoms with Crippen LogP contribution in [-0.2, 0) is 4.79 Å². The molecule has 92 valence electrons.